The van der Waals surface area contributed by atoms with Gasteiger partial charge in [0.1, 0.15) is 0 Å². The Morgan fingerprint density at radius 1 is 1.15 bits per heavy atom. The van der Waals surface area contributed by atoms with E-state index >= 15 is 0 Å². The second-order valence-electron chi connectivity index (χ2n) is 7.00. The summed E-state index contributed by atoms with van der Waals surface area (Å²) < 4.78 is 0. The number of likely N-dealkylation sites (N-methyl/N-ethyl adjacent to an activating group) is 1. The summed E-state index contributed by atoms with van der Waals surface area (Å²) in [5.41, 5.74) is 1.13. The van der Waals surface area contributed by atoms with Crippen LogP contribution in [0, 0.1) is 5.92 Å². The Hall–Kier alpha value is -1.27. The fourth-order valence-corrected chi connectivity index (χ4v) is 4.27. The lowest BCUT2D eigenvalue weighted by Crippen LogP contribution is -2.30. The number of hydrogen-bond acceptors (Lipinski definition) is 5. The molecule has 1 aromatic rings. The summed E-state index contributed by atoms with van der Waals surface area (Å²) in [4.78, 5) is 32.1. The fourth-order valence-electron chi connectivity index (χ4n) is 3.19. The third-order valence-electron chi connectivity index (χ3n) is 4.62. The molecule has 0 saturated heterocycles. The molecular formula is C20H35N3O2S. The first-order chi connectivity index (χ1) is 12.4. The highest BCUT2D eigenvalue weighted by molar-refractivity contribution is 7.13. The summed E-state index contributed by atoms with van der Waals surface area (Å²) in [6, 6.07) is 0. The van der Waals surface area contributed by atoms with Gasteiger partial charge in [-0.1, -0.05) is 33.1 Å². The van der Waals surface area contributed by atoms with Gasteiger partial charge in [0.2, 0.25) is 5.91 Å². The van der Waals surface area contributed by atoms with E-state index in [1.54, 1.807) is 23.2 Å². The Morgan fingerprint density at radius 3 is 2.31 bits per heavy atom. The lowest BCUT2D eigenvalue weighted by atomic mass is 9.88. The minimum Gasteiger partial charge on any atom is -0.349 e. The average molecular weight is 382 g/mol. The summed E-state index contributed by atoms with van der Waals surface area (Å²) >= 11 is 1.54. The molecule has 1 aliphatic carbocycles. The SMILES string of the molecule is CC.CC(=O)c1nc2c(s1)CN(C)CC2.CN(C)C(=O)C1CCCCC1. The highest BCUT2D eigenvalue weighted by Gasteiger charge is 2.22. The number of ketones is 1. The molecule has 1 aromatic heterocycles. The van der Waals surface area contributed by atoms with Crippen LogP contribution in [0.5, 0.6) is 0 Å². The molecule has 2 aliphatic rings. The van der Waals surface area contributed by atoms with E-state index in [1.807, 2.05) is 27.9 Å². The van der Waals surface area contributed by atoms with Crippen LogP contribution in [-0.4, -0.2) is 54.2 Å². The van der Waals surface area contributed by atoms with Gasteiger partial charge in [0.25, 0.3) is 0 Å². The number of carbonyl (C=O) groups is 2. The predicted octanol–water partition coefficient (Wildman–Crippen LogP) is 4.01. The van der Waals surface area contributed by atoms with Crippen LogP contribution in [0.25, 0.3) is 0 Å². The van der Waals surface area contributed by atoms with Crippen LogP contribution in [0.2, 0.25) is 0 Å². The van der Waals surface area contributed by atoms with E-state index in [-0.39, 0.29) is 5.78 Å². The maximum Gasteiger partial charge on any atom is 0.225 e. The topological polar surface area (TPSA) is 53.5 Å². The highest BCUT2D eigenvalue weighted by atomic mass is 32.1. The molecule has 0 unspecified atom stereocenters. The van der Waals surface area contributed by atoms with Crippen molar-refractivity contribution in [2.45, 2.75) is 65.8 Å². The van der Waals surface area contributed by atoms with Gasteiger partial charge in [-0.3, -0.25) is 9.59 Å². The molecule has 6 heteroatoms. The minimum absolute atomic E-state index is 0.0852. The van der Waals surface area contributed by atoms with E-state index in [0.717, 1.165) is 38.0 Å². The molecule has 148 valence electrons. The molecule has 0 N–H and O–H groups in total. The average Bonchev–Trinajstić information content (AvgIpc) is 3.07. The number of carbonyl (C=O) groups excluding carboxylic acids is 2. The Morgan fingerprint density at radius 2 is 1.77 bits per heavy atom. The van der Waals surface area contributed by atoms with Crippen LogP contribution in [0.15, 0.2) is 0 Å². The third kappa shape index (κ3) is 6.80. The molecular weight excluding hydrogens is 346 g/mol. The van der Waals surface area contributed by atoms with E-state index in [9.17, 15) is 9.59 Å². The molecule has 0 atom stereocenters. The summed E-state index contributed by atoms with van der Waals surface area (Å²) in [5.74, 6) is 0.741. The number of rotatable bonds is 2. The van der Waals surface area contributed by atoms with Crippen molar-refractivity contribution in [1.29, 1.82) is 0 Å². The number of nitrogens with zero attached hydrogens (tertiary/aromatic N) is 3. The lowest BCUT2D eigenvalue weighted by Gasteiger charge is -2.23. The quantitative estimate of drug-likeness (QED) is 0.726. The second-order valence-corrected chi connectivity index (χ2v) is 8.08. The molecule has 1 fully saturated rings. The molecule has 5 nitrogen and oxygen atoms in total. The predicted molar refractivity (Wildman–Crippen MR) is 109 cm³/mol. The standard InChI is InChI=1S/C9H12N2OS.C9H17NO.C2H6/c1-6(12)9-10-7-3-4-11(2)5-8(7)13-9;1-10(2)9(11)8-6-4-3-5-7-8;1-2/h3-5H2,1-2H3;8H,3-7H2,1-2H3;1-2H3. The molecule has 0 bridgehead atoms. The second kappa shape index (κ2) is 11.4. The number of hydrogen-bond donors (Lipinski definition) is 0. The van der Waals surface area contributed by atoms with Crippen LogP contribution in [-0.2, 0) is 17.8 Å². The van der Waals surface area contributed by atoms with Gasteiger partial charge in [0, 0.05) is 51.3 Å². The van der Waals surface area contributed by atoms with Crippen molar-refractivity contribution in [3.8, 4) is 0 Å². The van der Waals surface area contributed by atoms with Crippen molar-refractivity contribution in [3.63, 3.8) is 0 Å². The molecule has 3 rings (SSSR count). The van der Waals surface area contributed by atoms with Gasteiger partial charge in [-0.25, -0.2) is 4.98 Å². The van der Waals surface area contributed by atoms with E-state index in [1.165, 1.54) is 24.1 Å². The van der Waals surface area contributed by atoms with E-state index in [0.29, 0.717) is 16.8 Å². The maximum atomic E-state index is 11.4. The first-order valence-electron chi connectivity index (χ1n) is 9.77. The molecule has 0 aromatic carbocycles. The smallest absolute Gasteiger partial charge is 0.225 e. The molecule has 2 heterocycles. The van der Waals surface area contributed by atoms with E-state index < -0.39 is 0 Å². The molecule has 1 amide bonds. The van der Waals surface area contributed by atoms with Crippen molar-refractivity contribution in [3.05, 3.63) is 15.6 Å². The summed E-state index contributed by atoms with van der Waals surface area (Å²) in [6.07, 6.45) is 7.00. The third-order valence-corrected chi connectivity index (χ3v) is 5.80. The van der Waals surface area contributed by atoms with Gasteiger partial charge in [0.05, 0.1) is 5.69 Å². The fraction of sp³-hybridized carbons (Fsp3) is 0.750. The summed E-state index contributed by atoms with van der Waals surface area (Å²) in [6.45, 7) is 7.57. The van der Waals surface area contributed by atoms with E-state index in [4.69, 9.17) is 0 Å². The molecule has 1 aliphatic heterocycles. The zero-order chi connectivity index (χ0) is 19.7. The van der Waals surface area contributed by atoms with Crippen LogP contribution < -0.4 is 0 Å². The van der Waals surface area contributed by atoms with Crippen LogP contribution in [0.1, 0.15) is 73.2 Å². The van der Waals surface area contributed by atoms with Gasteiger partial charge >= 0.3 is 0 Å². The van der Waals surface area contributed by atoms with E-state index in [2.05, 4.69) is 16.9 Å². The zero-order valence-electron chi connectivity index (χ0n) is 17.3. The van der Waals surface area contributed by atoms with Crippen LogP contribution >= 0.6 is 11.3 Å². The minimum atomic E-state index is 0.0852. The van der Waals surface area contributed by atoms with Gasteiger partial charge in [-0.2, -0.15) is 0 Å². The van der Waals surface area contributed by atoms with Crippen molar-refractivity contribution in [2.75, 3.05) is 27.7 Å². The lowest BCUT2D eigenvalue weighted by molar-refractivity contribution is -0.133. The van der Waals surface area contributed by atoms with Crippen LogP contribution in [0.4, 0.5) is 0 Å². The first kappa shape index (κ1) is 22.8. The normalized spacial score (nSPS) is 17.2. The molecule has 0 spiro atoms. The summed E-state index contributed by atoms with van der Waals surface area (Å²) in [7, 11) is 5.78. The van der Waals surface area contributed by atoms with Gasteiger partial charge in [0.15, 0.2) is 10.8 Å². The molecule has 1 saturated carbocycles. The maximum absolute atomic E-state index is 11.4. The number of amides is 1. The monoisotopic (exact) mass is 381 g/mol. The highest BCUT2D eigenvalue weighted by Crippen LogP contribution is 2.25. The largest absolute Gasteiger partial charge is 0.349 e. The Labute approximate surface area is 162 Å². The number of aromatic nitrogens is 1. The van der Waals surface area contributed by atoms with Crippen molar-refractivity contribution >= 4 is 23.0 Å². The van der Waals surface area contributed by atoms with Gasteiger partial charge in [-0.15, -0.1) is 11.3 Å². The van der Waals surface area contributed by atoms with Crippen molar-refractivity contribution in [1.82, 2.24) is 14.8 Å². The zero-order valence-corrected chi connectivity index (χ0v) is 18.1. The number of Topliss-reactive ketones (excluding diaryl/α,β-unsaturated/α-hetero) is 1. The molecule has 26 heavy (non-hydrogen) atoms. The van der Waals surface area contributed by atoms with Gasteiger partial charge < -0.3 is 9.80 Å². The summed E-state index contributed by atoms with van der Waals surface area (Å²) in [5, 5.41) is 0.667. The Balaban J connectivity index is 0.000000241. The number of thiazole rings is 1. The number of fused-ring (bicyclic) bond motifs is 1. The first-order valence-corrected chi connectivity index (χ1v) is 10.6. The molecule has 0 radical (unpaired) electrons. The van der Waals surface area contributed by atoms with Crippen LogP contribution in [0.3, 0.4) is 0 Å². The van der Waals surface area contributed by atoms with Crippen molar-refractivity contribution in [2.24, 2.45) is 5.92 Å². The van der Waals surface area contributed by atoms with Crippen molar-refractivity contribution < 1.29 is 9.59 Å². The Kier molecular flexibility index (Phi) is 10.0. The van der Waals surface area contributed by atoms with Gasteiger partial charge in [-0.05, 0) is 19.9 Å². The Bertz CT molecular complexity index is 578.